The smallest absolute Gasteiger partial charge is 0.323 e. The van der Waals surface area contributed by atoms with Gasteiger partial charge >= 0.3 is 5.97 Å². The molecule has 0 fully saturated rings. The molecule has 0 aliphatic carbocycles. The molecule has 0 saturated carbocycles. The Bertz CT molecular complexity index is 463. The van der Waals surface area contributed by atoms with Crippen LogP contribution in [0, 0.1) is 6.92 Å². The molecule has 15 heavy (non-hydrogen) atoms. The van der Waals surface area contributed by atoms with Crippen LogP contribution in [-0.4, -0.2) is 29.9 Å². The topological polar surface area (TPSA) is 110 Å². The van der Waals surface area contributed by atoms with Crippen LogP contribution < -0.4 is 4.72 Å². The Morgan fingerprint density at radius 3 is 2.67 bits per heavy atom. The van der Waals surface area contributed by atoms with Crippen molar-refractivity contribution in [2.75, 3.05) is 4.72 Å². The molecule has 1 aromatic heterocycles. The molecule has 0 amide bonds. The highest BCUT2D eigenvalue weighted by Gasteiger charge is 2.28. The zero-order valence-corrected chi connectivity index (χ0v) is 8.91. The summed E-state index contributed by atoms with van der Waals surface area (Å²) >= 11 is 0. The number of aliphatic carboxylic acids is 1. The van der Waals surface area contributed by atoms with Crippen LogP contribution in [0.15, 0.2) is 10.6 Å². The SMILES string of the molecule is Cc1cc(NS(=O)(=O)C(C)C(=O)O)no1. The van der Waals surface area contributed by atoms with E-state index in [1.807, 2.05) is 4.72 Å². The van der Waals surface area contributed by atoms with Gasteiger partial charge in [0, 0.05) is 6.07 Å². The number of carboxylic acids is 1. The van der Waals surface area contributed by atoms with E-state index >= 15 is 0 Å². The van der Waals surface area contributed by atoms with E-state index in [4.69, 9.17) is 5.11 Å². The molecular weight excluding hydrogens is 224 g/mol. The Kier molecular flexibility index (Phi) is 2.98. The van der Waals surface area contributed by atoms with Gasteiger partial charge in [-0.1, -0.05) is 5.16 Å². The molecule has 1 aromatic rings. The van der Waals surface area contributed by atoms with Gasteiger partial charge in [-0.25, -0.2) is 8.42 Å². The first kappa shape index (κ1) is 11.5. The molecule has 0 saturated heterocycles. The summed E-state index contributed by atoms with van der Waals surface area (Å²) in [6.07, 6.45) is 0. The maximum Gasteiger partial charge on any atom is 0.323 e. The van der Waals surface area contributed by atoms with Crippen molar-refractivity contribution in [3.63, 3.8) is 0 Å². The van der Waals surface area contributed by atoms with Gasteiger partial charge in [0.1, 0.15) is 5.76 Å². The second kappa shape index (κ2) is 3.89. The molecule has 0 bridgehead atoms. The highest BCUT2D eigenvalue weighted by Crippen LogP contribution is 2.11. The minimum absolute atomic E-state index is 0.0272. The molecule has 7 nitrogen and oxygen atoms in total. The molecular formula is C7H10N2O5S. The van der Waals surface area contributed by atoms with Crippen molar-refractivity contribution in [1.29, 1.82) is 0 Å². The number of nitrogens with one attached hydrogen (secondary N) is 1. The van der Waals surface area contributed by atoms with Crippen molar-refractivity contribution < 1.29 is 22.8 Å². The van der Waals surface area contributed by atoms with Crippen molar-refractivity contribution >= 4 is 21.8 Å². The largest absolute Gasteiger partial charge is 0.480 e. The zero-order chi connectivity index (χ0) is 11.6. The summed E-state index contributed by atoms with van der Waals surface area (Å²) in [5.74, 6) is -1.03. The van der Waals surface area contributed by atoms with Crippen LogP contribution in [0.25, 0.3) is 0 Å². The number of aromatic nitrogens is 1. The third kappa shape index (κ3) is 2.69. The van der Waals surface area contributed by atoms with Crippen LogP contribution in [0.1, 0.15) is 12.7 Å². The molecule has 84 valence electrons. The summed E-state index contributed by atoms with van der Waals surface area (Å²) in [5, 5.41) is 10.4. The fourth-order valence-corrected chi connectivity index (χ4v) is 1.61. The Labute approximate surface area is 86.1 Å². The zero-order valence-electron chi connectivity index (χ0n) is 8.09. The second-order valence-corrected chi connectivity index (χ2v) is 4.95. The van der Waals surface area contributed by atoms with Gasteiger partial charge in [0.05, 0.1) is 0 Å². The highest BCUT2D eigenvalue weighted by molar-refractivity contribution is 7.94. The first-order valence-electron chi connectivity index (χ1n) is 4.00. The van der Waals surface area contributed by atoms with Gasteiger partial charge in [-0.05, 0) is 13.8 Å². The average Bonchev–Trinajstić information content (AvgIpc) is 2.48. The molecule has 1 rings (SSSR count). The number of hydrogen-bond acceptors (Lipinski definition) is 5. The van der Waals surface area contributed by atoms with E-state index < -0.39 is 21.2 Å². The summed E-state index contributed by atoms with van der Waals surface area (Å²) in [6.45, 7) is 2.66. The van der Waals surface area contributed by atoms with E-state index in [1.54, 1.807) is 6.92 Å². The van der Waals surface area contributed by atoms with Crippen molar-refractivity contribution in [3.05, 3.63) is 11.8 Å². The minimum atomic E-state index is -3.97. The normalized spacial score (nSPS) is 13.5. The van der Waals surface area contributed by atoms with Gasteiger partial charge in [0.25, 0.3) is 0 Å². The fraction of sp³-hybridized carbons (Fsp3) is 0.429. The first-order valence-corrected chi connectivity index (χ1v) is 5.55. The number of rotatable bonds is 4. The van der Waals surface area contributed by atoms with Gasteiger partial charge in [-0.15, -0.1) is 0 Å². The second-order valence-electron chi connectivity index (χ2n) is 2.95. The predicted molar refractivity (Wildman–Crippen MR) is 50.9 cm³/mol. The van der Waals surface area contributed by atoms with Crippen LogP contribution in [-0.2, 0) is 14.8 Å². The van der Waals surface area contributed by atoms with Crippen molar-refractivity contribution in [2.24, 2.45) is 0 Å². The summed E-state index contributed by atoms with van der Waals surface area (Å²) in [5.41, 5.74) is 0. The molecule has 0 spiro atoms. The van der Waals surface area contributed by atoms with Crippen LogP contribution in [0.5, 0.6) is 0 Å². The summed E-state index contributed by atoms with van der Waals surface area (Å²) in [7, 11) is -3.97. The van der Waals surface area contributed by atoms with E-state index in [2.05, 4.69) is 9.68 Å². The maximum atomic E-state index is 11.4. The molecule has 2 N–H and O–H groups in total. The van der Waals surface area contributed by atoms with Gasteiger partial charge < -0.3 is 9.63 Å². The molecule has 1 unspecified atom stereocenters. The molecule has 0 aliphatic rings. The Balaban J connectivity index is 2.86. The van der Waals surface area contributed by atoms with Crippen LogP contribution in [0.2, 0.25) is 0 Å². The molecule has 8 heteroatoms. The maximum absolute atomic E-state index is 11.4. The third-order valence-electron chi connectivity index (χ3n) is 1.69. The minimum Gasteiger partial charge on any atom is -0.480 e. The van der Waals surface area contributed by atoms with Gasteiger partial charge in [-0.3, -0.25) is 9.52 Å². The Morgan fingerprint density at radius 2 is 2.27 bits per heavy atom. The summed E-state index contributed by atoms with van der Waals surface area (Å²) < 4.78 is 29.4. The van der Waals surface area contributed by atoms with E-state index in [0.717, 1.165) is 6.92 Å². The monoisotopic (exact) mass is 234 g/mol. The number of aryl methyl sites for hydroxylation is 1. The van der Waals surface area contributed by atoms with Crippen LogP contribution >= 0.6 is 0 Å². The molecule has 1 atom stereocenters. The van der Waals surface area contributed by atoms with Gasteiger partial charge in [0.2, 0.25) is 10.0 Å². The lowest BCUT2D eigenvalue weighted by Crippen LogP contribution is -2.32. The average molecular weight is 234 g/mol. The summed E-state index contributed by atoms with van der Waals surface area (Å²) in [6, 6.07) is 1.35. The van der Waals surface area contributed by atoms with Crippen LogP contribution in [0.4, 0.5) is 5.82 Å². The molecule has 1 heterocycles. The van der Waals surface area contributed by atoms with Crippen molar-refractivity contribution in [1.82, 2.24) is 5.16 Å². The number of anilines is 1. The third-order valence-corrected chi connectivity index (χ3v) is 3.31. The fourth-order valence-electron chi connectivity index (χ4n) is 0.781. The lowest BCUT2D eigenvalue weighted by molar-refractivity contribution is -0.136. The lowest BCUT2D eigenvalue weighted by Gasteiger charge is -2.07. The lowest BCUT2D eigenvalue weighted by atomic mass is 10.5. The van der Waals surface area contributed by atoms with Crippen LogP contribution in [0.3, 0.4) is 0 Å². The number of nitrogens with zero attached hydrogens (tertiary/aromatic N) is 1. The number of hydrogen-bond donors (Lipinski definition) is 2. The quantitative estimate of drug-likeness (QED) is 0.770. The van der Waals surface area contributed by atoms with E-state index in [-0.39, 0.29) is 5.82 Å². The molecule has 0 radical (unpaired) electrons. The predicted octanol–water partition coefficient (Wildman–Crippen LogP) is 0.198. The molecule has 0 aliphatic heterocycles. The Morgan fingerprint density at radius 1 is 1.67 bits per heavy atom. The Hall–Kier alpha value is -1.57. The van der Waals surface area contributed by atoms with Gasteiger partial charge in [0.15, 0.2) is 11.1 Å². The highest BCUT2D eigenvalue weighted by atomic mass is 32.2. The molecule has 0 aromatic carbocycles. The van der Waals surface area contributed by atoms with E-state index in [0.29, 0.717) is 5.76 Å². The standard InChI is InChI=1S/C7H10N2O5S/c1-4-3-6(8-14-4)9-15(12,13)5(2)7(10)11/h3,5H,1-2H3,(H,8,9)(H,10,11). The summed E-state index contributed by atoms with van der Waals surface area (Å²) in [4.78, 5) is 10.5. The van der Waals surface area contributed by atoms with Gasteiger partial charge in [-0.2, -0.15) is 0 Å². The van der Waals surface area contributed by atoms with E-state index in [1.165, 1.54) is 6.07 Å². The number of carbonyl (C=O) groups is 1. The van der Waals surface area contributed by atoms with Crippen molar-refractivity contribution in [3.8, 4) is 0 Å². The van der Waals surface area contributed by atoms with Crippen molar-refractivity contribution in [2.45, 2.75) is 19.1 Å². The number of sulfonamides is 1. The number of carboxylic acid groups (broad SMARTS) is 1. The first-order chi connectivity index (χ1) is 6.83. The van der Waals surface area contributed by atoms with E-state index in [9.17, 15) is 13.2 Å².